The number of urea groups is 1. The van der Waals surface area contributed by atoms with Crippen molar-refractivity contribution in [3.05, 3.63) is 96.2 Å². The fraction of sp³-hybridized carbons (Fsp3) is 0.214. The van der Waals surface area contributed by atoms with Crippen molar-refractivity contribution in [2.24, 2.45) is 0 Å². The van der Waals surface area contributed by atoms with E-state index in [1.54, 1.807) is 0 Å². The lowest BCUT2D eigenvalue weighted by atomic mass is 10.0. The minimum absolute atomic E-state index is 0.136. The number of fused-ring (bicyclic) bond motifs is 1. The maximum absolute atomic E-state index is 12.7. The Balaban J connectivity index is 1.19. The molecule has 33 heavy (non-hydrogen) atoms. The van der Waals surface area contributed by atoms with Gasteiger partial charge in [-0.2, -0.15) is 0 Å². The van der Waals surface area contributed by atoms with Crippen LogP contribution in [0, 0.1) is 6.92 Å². The van der Waals surface area contributed by atoms with Gasteiger partial charge in [0.2, 0.25) is 0 Å². The van der Waals surface area contributed by atoms with Crippen LogP contribution in [-0.2, 0) is 6.54 Å². The van der Waals surface area contributed by atoms with Crippen LogP contribution < -0.4 is 10.6 Å². The van der Waals surface area contributed by atoms with E-state index in [0.717, 1.165) is 48.3 Å². The second kappa shape index (κ2) is 9.43. The van der Waals surface area contributed by atoms with E-state index in [9.17, 15) is 4.79 Å². The van der Waals surface area contributed by atoms with Crippen LogP contribution in [0.5, 0.6) is 0 Å². The van der Waals surface area contributed by atoms with Crippen LogP contribution in [0.1, 0.15) is 17.7 Å². The van der Waals surface area contributed by atoms with Crippen LogP contribution >= 0.6 is 0 Å². The summed E-state index contributed by atoms with van der Waals surface area (Å²) >= 11 is 0. The van der Waals surface area contributed by atoms with Gasteiger partial charge in [-0.3, -0.25) is 9.88 Å². The molecular formula is C28H28N4O. The third-order valence-corrected chi connectivity index (χ3v) is 6.14. The van der Waals surface area contributed by atoms with Gasteiger partial charge in [0.1, 0.15) is 0 Å². The largest absolute Gasteiger partial charge is 0.334 e. The highest BCUT2D eigenvalue weighted by Gasteiger charge is 2.24. The number of carbonyl (C=O) groups excluding carboxylic acids is 1. The van der Waals surface area contributed by atoms with Gasteiger partial charge in [-0.05, 0) is 48.2 Å². The molecule has 0 radical (unpaired) electrons. The van der Waals surface area contributed by atoms with Crippen LogP contribution in [0.15, 0.2) is 84.9 Å². The SMILES string of the molecule is Cc1cc(NC(=O)NC2CCN(Cc3cccc(-c4ccccc4)c3)C2)c2ccccc2n1. The van der Waals surface area contributed by atoms with Gasteiger partial charge < -0.3 is 10.6 Å². The fourth-order valence-corrected chi connectivity index (χ4v) is 4.59. The molecule has 1 aromatic heterocycles. The van der Waals surface area contributed by atoms with E-state index in [-0.39, 0.29) is 12.1 Å². The number of nitrogens with zero attached hydrogens (tertiary/aromatic N) is 2. The lowest BCUT2D eigenvalue weighted by molar-refractivity contribution is 0.247. The molecule has 5 rings (SSSR count). The molecule has 2 heterocycles. The predicted molar refractivity (Wildman–Crippen MR) is 134 cm³/mol. The molecule has 2 amide bonds. The number of aromatic nitrogens is 1. The van der Waals surface area contributed by atoms with E-state index in [0.29, 0.717) is 0 Å². The van der Waals surface area contributed by atoms with E-state index >= 15 is 0 Å². The fourth-order valence-electron chi connectivity index (χ4n) is 4.59. The number of hydrogen-bond acceptors (Lipinski definition) is 3. The van der Waals surface area contributed by atoms with Gasteiger partial charge in [0.25, 0.3) is 0 Å². The summed E-state index contributed by atoms with van der Waals surface area (Å²) in [4.78, 5) is 19.7. The van der Waals surface area contributed by atoms with Gasteiger partial charge in [-0.15, -0.1) is 0 Å². The number of pyridine rings is 1. The molecule has 5 heteroatoms. The van der Waals surface area contributed by atoms with E-state index in [2.05, 4.69) is 69.0 Å². The first-order valence-corrected chi connectivity index (χ1v) is 11.4. The van der Waals surface area contributed by atoms with Gasteiger partial charge in [0, 0.05) is 36.8 Å². The lowest BCUT2D eigenvalue weighted by Gasteiger charge is -2.18. The first kappa shape index (κ1) is 21.2. The topological polar surface area (TPSA) is 57.3 Å². The Labute approximate surface area is 194 Å². The van der Waals surface area contributed by atoms with Crippen molar-refractivity contribution in [1.82, 2.24) is 15.2 Å². The first-order valence-electron chi connectivity index (χ1n) is 11.4. The molecule has 1 fully saturated rings. The van der Waals surface area contributed by atoms with Crippen molar-refractivity contribution < 1.29 is 4.79 Å². The number of nitrogens with one attached hydrogen (secondary N) is 2. The van der Waals surface area contributed by atoms with Crippen molar-refractivity contribution in [3.8, 4) is 11.1 Å². The summed E-state index contributed by atoms with van der Waals surface area (Å²) in [6.45, 7) is 4.64. The number of rotatable bonds is 5. The van der Waals surface area contributed by atoms with Crippen LogP contribution in [0.2, 0.25) is 0 Å². The van der Waals surface area contributed by atoms with Gasteiger partial charge in [-0.25, -0.2) is 4.79 Å². The Morgan fingerprint density at radius 3 is 2.64 bits per heavy atom. The van der Waals surface area contributed by atoms with E-state index in [4.69, 9.17) is 0 Å². The molecule has 0 bridgehead atoms. The number of likely N-dealkylation sites (tertiary alicyclic amines) is 1. The zero-order valence-electron chi connectivity index (χ0n) is 18.8. The van der Waals surface area contributed by atoms with Crippen molar-refractivity contribution in [2.45, 2.75) is 25.9 Å². The molecule has 5 nitrogen and oxygen atoms in total. The number of hydrogen-bond donors (Lipinski definition) is 2. The maximum Gasteiger partial charge on any atom is 0.319 e. The molecule has 1 aliphatic heterocycles. The minimum atomic E-state index is -0.163. The number of benzene rings is 3. The van der Waals surface area contributed by atoms with Gasteiger partial charge >= 0.3 is 6.03 Å². The number of anilines is 1. The van der Waals surface area contributed by atoms with Crippen LogP contribution in [0.4, 0.5) is 10.5 Å². The highest BCUT2D eigenvalue weighted by molar-refractivity contribution is 6.00. The summed E-state index contributed by atoms with van der Waals surface area (Å²) < 4.78 is 0. The van der Waals surface area contributed by atoms with Crippen LogP contribution in [0.25, 0.3) is 22.0 Å². The van der Waals surface area contributed by atoms with Crippen molar-refractivity contribution in [1.29, 1.82) is 0 Å². The molecule has 2 N–H and O–H groups in total. The van der Waals surface area contributed by atoms with Gasteiger partial charge in [0.15, 0.2) is 0 Å². The van der Waals surface area contributed by atoms with Crippen LogP contribution in [-0.4, -0.2) is 35.0 Å². The Morgan fingerprint density at radius 1 is 0.970 bits per heavy atom. The molecule has 166 valence electrons. The third kappa shape index (κ3) is 5.04. The zero-order chi connectivity index (χ0) is 22.6. The average molecular weight is 437 g/mol. The highest BCUT2D eigenvalue weighted by atomic mass is 16.2. The van der Waals surface area contributed by atoms with E-state index in [1.807, 2.05) is 43.3 Å². The minimum Gasteiger partial charge on any atom is -0.334 e. The monoisotopic (exact) mass is 436 g/mol. The number of para-hydroxylation sites is 1. The number of amides is 2. The smallest absolute Gasteiger partial charge is 0.319 e. The maximum atomic E-state index is 12.7. The Bertz CT molecular complexity index is 1270. The molecular weight excluding hydrogens is 408 g/mol. The molecule has 0 saturated carbocycles. The van der Waals surface area contributed by atoms with E-state index < -0.39 is 0 Å². The first-order chi connectivity index (χ1) is 16.1. The highest BCUT2D eigenvalue weighted by Crippen LogP contribution is 2.24. The Hall–Kier alpha value is -3.70. The predicted octanol–water partition coefficient (Wildman–Crippen LogP) is 5.61. The summed E-state index contributed by atoms with van der Waals surface area (Å²) in [7, 11) is 0. The second-order valence-corrected chi connectivity index (χ2v) is 8.71. The molecule has 1 unspecified atom stereocenters. The molecule has 3 aromatic carbocycles. The lowest BCUT2D eigenvalue weighted by Crippen LogP contribution is -2.39. The molecule has 1 saturated heterocycles. The van der Waals surface area contributed by atoms with Gasteiger partial charge in [0.05, 0.1) is 11.2 Å². The summed E-state index contributed by atoms with van der Waals surface area (Å²) in [5.41, 5.74) is 6.33. The summed E-state index contributed by atoms with van der Waals surface area (Å²) in [5, 5.41) is 7.14. The standard InChI is InChI=1S/C28H28N4O/c1-20-16-27(25-12-5-6-13-26(25)29-20)31-28(33)30-24-14-15-32(19-24)18-21-8-7-11-23(17-21)22-9-3-2-4-10-22/h2-13,16-17,24H,14-15,18-19H2,1H3,(H2,29,30,31,33). The molecule has 4 aromatic rings. The number of carbonyl (C=O) groups is 1. The quantitative estimate of drug-likeness (QED) is 0.428. The van der Waals surface area contributed by atoms with Crippen molar-refractivity contribution in [3.63, 3.8) is 0 Å². The summed E-state index contributed by atoms with van der Waals surface area (Å²) in [6, 6.07) is 28.9. The average Bonchev–Trinajstić information content (AvgIpc) is 3.26. The normalized spacial score (nSPS) is 16.1. The molecule has 0 spiro atoms. The Morgan fingerprint density at radius 2 is 1.76 bits per heavy atom. The zero-order valence-corrected chi connectivity index (χ0v) is 18.8. The second-order valence-electron chi connectivity index (χ2n) is 8.71. The third-order valence-electron chi connectivity index (χ3n) is 6.14. The Kier molecular flexibility index (Phi) is 6.05. The molecule has 0 aliphatic carbocycles. The van der Waals surface area contributed by atoms with Crippen molar-refractivity contribution in [2.75, 3.05) is 18.4 Å². The van der Waals surface area contributed by atoms with Crippen molar-refractivity contribution >= 4 is 22.6 Å². The number of aryl methyl sites for hydroxylation is 1. The summed E-state index contributed by atoms with van der Waals surface area (Å²) in [5.74, 6) is 0. The van der Waals surface area contributed by atoms with Gasteiger partial charge in [-0.1, -0.05) is 66.7 Å². The molecule has 1 atom stereocenters. The van der Waals surface area contributed by atoms with Crippen LogP contribution in [0.3, 0.4) is 0 Å². The summed E-state index contributed by atoms with van der Waals surface area (Å²) in [6.07, 6.45) is 0.946. The molecule has 1 aliphatic rings. The van der Waals surface area contributed by atoms with E-state index in [1.165, 1.54) is 16.7 Å².